The number of alkyl halides is 1. The highest BCUT2D eigenvalue weighted by molar-refractivity contribution is 6.17. The highest BCUT2D eigenvalue weighted by Gasteiger charge is 2.10. The van der Waals surface area contributed by atoms with Crippen LogP contribution in [0.15, 0.2) is 42.5 Å². The third-order valence-electron chi connectivity index (χ3n) is 2.99. The molecule has 0 saturated heterocycles. The standard InChI is InChI=1S/C15H15ClFNO/c1-18(12-4-6-13(19-2)7-5-12)15-8-3-11(10-16)9-14(15)17/h3-9H,10H2,1-2H3. The van der Waals surface area contributed by atoms with Crippen molar-refractivity contribution in [1.29, 1.82) is 0 Å². The van der Waals surface area contributed by atoms with Crippen LogP contribution >= 0.6 is 11.6 Å². The lowest BCUT2D eigenvalue weighted by Crippen LogP contribution is -2.11. The van der Waals surface area contributed by atoms with E-state index in [4.69, 9.17) is 16.3 Å². The number of rotatable bonds is 4. The Balaban J connectivity index is 2.29. The second kappa shape index (κ2) is 5.93. The second-order valence-electron chi connectivity index (χ2n) is 4.18. The van der Waals surface area contributed by atoms with Crippen LogP contribution in [0.1, 0.15) is 5.56 Å². The highest BCUT2D eigenvalue weighted by Crippen LogP contribution is 2.28. The summed E-state index contributed by atoms with van der Waals surface area (Å²) in [5.41, 5.74) is 2.17. The first-order valence-corrected chi connectivity index (χ1v) is 6.41. The molecule has 0 fully saturated rings. The van der Waals surface area contributed by atoms with Gasteiger partial charge in [-0.05, 0) is 42.0 Å². The van der Waals surface area contributed by atoms with Gasteiger partial charge in [0.2, 0.25) is 0 Å². The zero-order valence-corrected chi connectivity index (χ0v) is 11.6. The van der Waals surface area contributed by atoms with E-state index < -0.39 is 0 Å². The van der Waals surface area contributed by atoms with Crippen molar-refractivity contribution in [1.82, 2.24) is 0 Å². The van der Waals surface area contributed by atoms with Crippen LogP contribution in [0.5, 0.6) is 5.75 Å². The van der Waals surface area contributed by atoms with E-state index in [1.54, 1.807) is 18.1 Å². The molecule has 0 aliphatic carbocycles. The van der Waals surface area contributed by atoms with Crippen LogP contribution in [0.3, 0.4) is 0 Å². The Hall–Kier alpha value is -1.74. The van der Waals surface area contributed by atoms with E-state index in [2.05, 4.69) is 0 Å². The van der Waals surface area contributed by atoms with Crippen molar-refractivity contribution < 1.29 is 9.13 Å². The van der Waals surface area contributed by atoms with Gasteiger partial charge < -0.3 is 9.64 Å². The predicted octanol–water partition coefficient (Wildman–Crippen LogP) is 4.34. The number of anilines is 2. The van der Waals surface area contributed by atoms with Gasteiger partial charge in [-0.2, -0.15) is 0 Å². The lowest BCUT2D eigenvalue weighted by Gasteiger charge is -2.20. The van der Waals surface area contributed by atoms with Gasteiger partial charge in [-0.1, -0.05) is 6.07 Å². The molecular formula is C15H15ClFNO. The van der Waals surface area contributed by atoms with Gasteiger partial charge in [0.15, 0.2) is 0 Å². The van der Waals surface area contributed by atoms with E-state index in [0.29, 0.717) is 11.6 Å². The van der Waals surface area contributed by atoms with Crippen molar-refractivity contribution in [3.05, 3.63) is 53.8 Å². The molecule has 0 atom stereocenters. The quantitative estimate of drug-likeness (QED) is 0.772. The molecule has 0 N–H and O–H groups in total. The number of ether oxygens (including phenoxy) is 1. The summed E-state index contributed by atoms with van der Waals surface area (Å²) in [5.74, 6) is 0.801. The van der Waals surface area contributed by atoms with Gasteiger partial charge in [-0.25, -0.2) is 4.39 Å². The molecule has 2 aromatic rings. The SMILES string of the molecule is COc1ccc(N(C)c2ccc(CCl)cc2F)cc1. The van der Waals surface area contributed by atoms with Crippen LogP contribution in [0.4, 0.5) is 15.8 Å². The number of nitrogens with zero attached hydrogens (tertiary/aromatic N) is 1. The summed E-state index contributed by atoms with van der Waals surface area (Å²) in [7, 11) is 3.43. The van der Waals surface area contributed by atoms with Crippen molar-refractivity contribution in [2.75, 3.05) is 19.1 Å². The maximum atomic E-state index is 14.0. The summed E-state index contributed by atoms with van der Waals surface area (Å²) in [4.78, 5) is 1.78. The van der Waals surface area contributed by atoms with Crippen LogP contribution in [-0.2, 0) is 5.88 Å². The molecule has 0 amide bonds. The zero-order chi connectivity index (χ0) is 13.8. The topological polar surface area (TPSA) is 12.5 Å². The lowest BCUT2D eigenvalue weighted by molar-refractivity contribution is 0.415. The van der Waals surface area contributed by atoms with Crippen molar-refractivity contribution in [3.8, 4) is 5.75 Å². The van der Waals surface area contributed by atoms with Gasteiger partial charge in [0, 0.05) is 18.6 Å². The maximum absolute atomic E-state index is 14.0. The first-order chi connectivity index (χ1) is 9.15. The van der Waals surface area contributed by atoms with Crippen molar-refractivity contribution in [2.24, 2.45) is 0 Å². The van der Waals surface area contributed by atoms with E-state index in [-0.39, 0.29) is 5.82 Å². The monoisotopic (exact) mass is 279 g/mol. The molecule has 19 heavy (non-hydrogen) atoms. The molecule has 0 heterocycles. The Morgan fingerprint density at radius 2 is 1.84 bits per heavy atom. The fraction of sp³-hybridized carbons (Fsp3) is 0.200. The van der Waals surface area contributed by atoms with Crippen molar-refractivity contribution >= 4 is 23.0 Å². The van der Waals surface area contributed by atoms with Gasteiger partial charge in [0.25, 0.3) is 0 Å². The molecule has 2 nitrogen and oxygen atoms in total. The summed E-state index contributed by atoms with van der Waals surface area (Å²) < 4.78 is 19.1. The van der Waals surface area contributed by atoms with Crippen molar-refractivity contribution in [3.63, 3.8) is 0 Å². The fourth-order valence-corrected chi connectivity index (χ4v) is 2.02. The largest absolute Gasteiger partial charge is 0.497 e. The molecule has 0 bridgehead atoms. The fourth-order valence-electron chi connectivity index (χ4n) is 1.85. The summed E-state index contributed by atoms with van der Waals surface area (Å²) in [5, 5.41) is 0. The molecule has 4 heteroatoms. The van der Waals surface area contributed by atoms with E-state index in [9.17, 15) is 4.39 Å². The third-order valence-corrected chi connectivity index (χ3v) is 3.30. The van der Waals surface area contributed by atoms with Gasteiger partial charge in [0.1, 0.15) is 11.6 Å². The third kappa shape index (κ3) is 2.99. The molecule has 2 aromatic carbocycles. The molecule has 100 valence electrons. The van der Waals surface area contributed by atoms with Gasteiger partial charge in [-0.15, -0.1) is 11.6 Å². The first-order valence-electron chi connectivity index (χ1n) is 5.88. The molecule has 0 spiro atoms. The second-order valence-corrected chi connectivity index (χ2v) is 4.44. The smallest absolute Gasteiger partial charge is 0.147 e. The van der Waals surface area contributed by atoms with Gasteiger partial charge in [0.05, 0.1) is 12.8 Å². The molecule has 0 aromatic heterocycles. The van der Waals surface area contributed by atoms with Crippen LogP contribution in [0.2, 0.25) is 0 Å². The van der Waals surface area contributed by atoms with E-state index in [1.165, 1.54) is 6.07 Å². The number of halogens is 2. The molecule has 2 rings (SSSR count). The zero-order valence-electron chi connectivity index (χ0n) is 10.9. The van der Waals surface area contributed by atoms with E-state index >= 15 is 0 Å². The highest BCUT2D eigenvalue weighted by atomic mass is 35.5. The number of hydrogen-bond acceptors (Lipinski definition) is 2. The van der Waals surface area contributed by atoms with Gasteiger partial charge in [-0.3, -0.25) is 0 Å². The van der Waals surface area contributed by atoms with Crippen LogP contribution in [0, 0.1) is 5.82 Å². The minimum absolute atomic E-state index is 0.281. The Bertz CT molecular complexity index is 557. The summed E-state index contributed by atoms with van der Waals surface area (Å²) in [6, 6.07) is 12.5. The number of benzene rings is 2. The molecular weight excluding hydrogens is 265 g/mol. The van der Waals surface area contributed by atoms with Gasteiger partial charge >= 0.3 is 0 Å². The molecule has 0 aliphatic rings. The minimum atomic E-state index is -0.281. The minimum Gasteiger partial charge on any atom is -0.497 e. The number of hydrogen-bond donors (Lipinski definition) is 0. The van der Waals surface area contributed by atoms with Crippen LogP contribution < -0.4 is 9.64 Å². The van der Waals surface area contributed by atoms with Crippen molar-refractivity contribution in [2.45, 2.75) is 5.88 Å². The average molecular weight is 280 g/mol. The van der Waals surface area contributed by atoms with Crippen LogP contribution in [-0.4, -0.2) is 14.2 Å². The Kier molecular flexibility index (Phi) is 4.27. The van der Waals surface area contributed by atoms with E-state index in [1.807, 2.05) is 37.4 Å². The lowest BCUT2D eigenvalue weighted by atomic mass is 10.2. The Morgan fingerprint density at radius 1 is 1.16 bits per heavy atom. The summed E-state index contributed by atoms with van der Waals surface area (Å²) >= 11 is 5.69. The predicted molar refractivity (Wildman–Crippen MR) is 77.0 cm³/mol. The molecule has 0 radical (unpaired) electrons. The average Bonchev–Trinajstić information content (AvgIpc) is 2.46. The summed E-state index contributed by atoms with van der Waals surface area (Å²) in [6.45, 7) is 0. The first kappa shape index (κ1) is 13.7. The Labute approximate surface area is 117 Å². The Morgan fingerprint density at radius 3 is 2.37 bits per heavy atom. The molecule has 0 unspecified atom stereocenters. The van der Waals surface area contributed by atoms with Crippen LogP contribution in [0.25, 0.3) is 0 Å². The maximum Gasteiger partial charge on any atom is 0.147 e. The number of methoxy groups -OCH3 is 1. The summed E-state index contributed by atoms with van der Waals surface area (Å²) in [6.07, 6.45) is 0. The molecule has 0 saturated carbocycles. The molecule has 0 aliphatic heterocycles. The normalized spacial score (nSPS) is 10.3. The van der Waals surface area contributed by atoms with E-state index in [0.717, 1.165) is 17.0 Å².